The third kappa shape index (κ3) is 2.12. The Morgan fingerprint density at radius 1 is 1.56 bits per heavy atom. The lowest BCUT2D eigenvalue weighted by molar-refractivity contribution is 0.0839. The van der Waals surface area contributed by atoms with E-state index in [9.17, 15) is 5.11 Å². The normalized spacial score (nSPS) is 24.8. The predicted octanol–water partition coefficient (Wildman–Crippen LogP) is 0.0719. The third-order valence-corrected chi connectivity index (χ3v) is 2.86. The topological polar surface area (TPSA) is 75.3 Å². The van der Waals surface area contributed by atoms with Gasteiger partial charge in [0.15, 0.2) is 5.82 Å². The Kier molecular flexibility index (Phi) is 2.77. The molecule has 1 atom stereocenters. The summed E-state index contributed by atoms with van der Waals surface area (Å²) >= 11 is 4.93. The zero-order valence-corrected chi connectivity index (χ0v) is 9.87. The molecule has 1 aliphatic heterocycles. The molecule has 0 radical (unpaired) electrons. The van der Waals surface area contributed by atoms with Gasteiger partial charge in [0.05, 0.1) is 5.60 Å². The van der Waals surface area contributed by atoms with Gasteiger partial charge in [-0.15, -0.1) is 0 Å². The van der Waals surface area contributed by atoms with Crippen molar-refractivity contribution < 1.29 is 5.11 Å². The van der Waals surface area contributed by atoms with Crippen LogP contribution in [0.15, 0.2) is 12.4 Å². The minimum atomic E-state index is -0.676. The summed E-state index contributed by atoms with van der Waals surface area (Å²) in [6.07, 6.45) is 3.87. The molecule has 0 aromatic carbocycles. The highest BCUT2D eigenvalue weighted by molar-refractivity contribution is 7.80. The van der Waals surface area contributed by atoms with Crippen LogP contribution in [0.4, 0.5) is 5.82 Å². The fraction of sp³-hybridized carbons (Fsp3) is 0.500. The molecule has 1 aromatic heterocycles. The highest BCUT2D eigenvalue weighted by atomic mass is 32.1. The second-order valence-electron chi connectivity index (χ2n) is 4.26. The molecule has 1 unspecified atom stereocenters. The fourth-order valence-electron chi connectivity index (χ4n) is 1.86. The Morgan fingerprint density at radius 2 is 2.25 bits per heavy atom. The van der Waals surface area contributed by atoms with Gasteiger partial charge in [-0.1, -0.05) is 12.2 Å². The summed E-state index contributed by atoms with van der Waals surface area (Å²) in [5.41, 5.74) is 5.44. The lowest BCUT2D eigenvalue weighted by Gasteiger charge is -2.21. The lowest BCUT2D eigenvalue weighted by atomic mass is 10.1. The fourth-order valence-corrected chi connectivity index (χ4v) is 2.01. The molecule has 0 bridgehead atoms. The molecule has 16 heavy (non-hydrogen) atoms. The first-order valence-electron chi connectivity index (χ1n) is 5.08. The monoisotopic (exact) mass is 238 g/mol. The molecular formula is C10H14N4OS. The molecule has 6 heteroatoms. The minimum Gasteiger partial charge on any atom is -0.388 e. The van der Waals surface area contributed by atoms with Crippen LogP contribution in [0.25, 0.3) is 0 Å². The van der Waals surface area contributed by atoms with Crippen LogP contribution in [0.1, 0.15) is 19.0 Å². The Hall–Kier alpha value is -1.27. The van der Waals surface area contributed by atoms with Crippen molar-refractivity contribution in [3.63, 3.8) is 0 Å². The second-order valence-corrected chi connectivity index (χ2v) is 4.70. The highest BCUT2D eigenvalue weighted by Gasteiger charge is 2.33. The number of nitrogens with two attached hydrogens (primary N) is 1. The van der Waals surface area contributed by atoms with Gasteiger partial charge in [-0.2, -0.15) is 0 Å². The molecule has 1 fully saturated rings. The number of hydrogen-bond donors (Lipinski definition) is 2. The molecule has 0 amide bonds. The van der Waals surface area contributed by atoms with E-state index in [4.69, 9.17) is 18.0 Å². The molecule has 1 saturated heterocycles. The van der Waals surface area contributed by atoms with Crippen LogP contribution in [0.3, 0.4) is 0 Å². The first-order chi connectivity index (χ1) is 7.49. The quantitative estimate of drug-likeness (QED) is 0.710. The SMILES string of the molecule is CC1(O)CCN(c2nccnc2C(N)=S)C1. The molecule has 1 aromatic rings. The number of nitrogens with zero attached hydrogens (tertiary/aromatic N) is 3. The van der Waals surface area contributed by atoms with Crippen molar-refractivity contribution in [1.29, 1.82) is 0 Å². The van der Waals surface area contributed by atoms with Gasteiger partial charge in [0.1, 0.15) is 10.7 Å². The molecule has 2 rings (SSSR count). The maximum Gasteiger partial charge on any atom is 0.157 e. The standard InChI is InChI=1S/C10H14N4OS/c1-10(15)2-5-14(6-10)9-7(8(11)16)12-3-4-13-9/h3-4,15H,2,5-6H2,1H3,(H2,11,16). The van der Waals surface area contributed by atoms with E-state index < -0.39 is 5.60 Å². The van der Waals surface area contributed by atoms with Crippen molar-refractivity contribution in [1.82, 2.24) is 9.97 Å². The average Bonchev–Trinajstić information content (AvgIpc) is 2.59. The van der Waals surface area contributed by atoms with Gasteiger partial charge in [-0.05, 0) is 13.3 Å². The van der Waals surface area contributed by atoms with Crippen molar-refractivity contribution in [2.45, 2.75) is 18.9 Å². The van der Waals surface area contributed by atoms with E-state index in [1.165, 1.54) is 0 Å². The van der Waals surface area contributed by atoms with Crippen LogP contribution in [0.5, 0.6) is 0 Å². The van der Waals surface area contributed by atoms with Gasteiger partial charge < -0.3 is 15.7 Å². The van der Waals surface area contributed by atoms with Crippen LogP contribution < -0.4 is 10.6 Å². The Bertz CT molecular complexity index is 421. The van der Waals surface area contributed by atoms with Crippen LogP contribution >= 0.6 is 12.2 Å². The first kappa shape index (κ1) is 11.2. The minimum absolute atomic E-state index is 0.231. The van der Waals surface area contributed by atoms with E-state index in [1.807, 2.05) is 11.8 Å². The maximum atomic E-state index is 9.90. The number of rotatable bonds is 2. The Balaban J connectivity index is 2.31. The summed E-state index contributed by atoms with van der Waals surface area (Å²) in [5, 5.41) is 9.90. The summed E-state index contributed by atoms with van der Waals surface area (Å²) in [5.74, 6) is 0.660. The average molecular weight is 238 g/mol. The van der Waals surface area contributed by atoms with Gasteiger partial charge in [-0.25, -0.2) is 9.97 Å². The number of thiocarbonyl (C=S) groups is 1. The second kappa shape index (κ2) is 3.95. The number of anilines is 1. The van der Waals surface area contributed by atoms with Crippen LogP contribution in [0.2, 0.25) is 0 Å². The van der Waals surface area contributed by atoms with Crippen LogP contribution in [0, 0.1) is 0 Å². The smallest absolute Gasteiger partial charge is 0.157 e. The van der Waals surface area contributed by atoms with E-state index in [-0.39, 0.29) is 4.99 Å². The van der Waals surface area contributed by atoms with Crippen molar-refractivity contribution in [2.75, 3.05) is 18.0 Å². The maximum absolute atomic E-state index is 9.90. The third-order valence-electron chi connectivity index (χ3n) is 2.66. The van der Waals surface area contributed by atoms with Gasteiger partial charge in [0.25, 0.3) is 0 Å². The van der Waals surface area contributed by atoms with E-state index in [1.54, 1.807) is 12.4 Å². The molecule has 5 nitrogen and oxygen atoms in total. The predicted molar refractivity (Wildman–Crippen MR) is 65.4 cm³/mol. The molecule has 1 aliphatic rings. The number of aromatic nitrogens is 2. The first-order valence-corrected chi connectivity index (χ1v) is 5.48. The number of hydrogen-bond acceptors (Lipinski definition) is 5. The molecular weight excluding hydrogens is 224 g/mol. The van der Waals surface area contributed by atoms with Crippen LogP contribution in [-0.4, -0.2) is 38.8 Å². The van der Waals surface area contributed by atoms with E-state index >= 15 is 0 Å². The highest BCUT2D eigenvalue weighted by Crippen LogP contribution is 2.26. The van der Waals surface area contributed by atoms with Crippen molar-refractivity contribution in [3.05, 3.63) is 18.1 Å². The summed E-state index contributed by atoms with van der Waals surface area (Å²) in [6, 6.07) is 0. The van der Waals surface area contributed by atoms with Gasteiger partial charge in [-0.3, -0.25) is 0 Å². The summed E-state index contributed by atoms with van der Waals surface area (Å²) in [7, 11) is 0. The van der Waals surface area contributed by atoms with E-state index in [0.717, 1.165) is 6.54 Å². The number of aliphatic hydroxyl groups is 1. The van der Waals surface area contributed by atoms with E-state index in [2.05, 4.69) is 9.97 Å². The van der Waals surface area contributed by atoms with Crippen LogP contribution in [-0.2, 0) is 0 Å². The van der Waals surface area contributed by atoms with Crippen molar-refractivity contribution in [3.8, 4) is 0 Å². The summed E-state index contributed by atoms with van der Waals surface area (Å²) < 4.78 is 0. The summed E-state index contributed by atoms with van der Waals surface area (Å²) in [6.45, 7) is 3.08. The Labute approximate surface area is 99.3 Å². The zero-order valence-electron chi connectivity index (χ0n) is 9.05. The van der Waals surface area contributed by atoms with Crippen molar-refractivity contribution in [2.24, 2.45) is 5.73 Å². The molecule has 0 aliphatic carbocycles. The molecule has 2 heterocycles. The van der Waals surface area contributed by atoms with E-state index in [0.29, 0.717) is 24.5 Å². The van der Waals surface area contributed by atoms with Gasteiger partial charge in [0, 0.05) is 25.5 Å². The number of β-amino-alcohol motifs (C(OH)–C–C–N with tert-alkyl or cyclic N) is 1. The Morgan fingerprint density at radius 3 is 2.81 bits per heavy atom. The zero-order chi connectivity index (χ0) is 11.8. The molecule has 0 saturated carbocycles. The molecule has 86 valence electrons. The largest absolute Gasteiger partial charge is 0.388 e. The van der Waals surface area contributed by atoms with Crippen molar-refractivity contribution >= 4 is 23.0 Å². The molecule has 3 N–H and O–H groups in total. The van der Waals surface area contributed by atoms with Gasteiger partial charge >= 0.3 is 0 Å². The summed E-state index contributed by atoms with van der Waals surface area (Å²) in [4.78, 5) is 10.5. The molecule has 0 spiro atoms. The van der Waals surface area contributed by atoms with Gasteiger partial charge in [0.2, 0.25) is 0 Å². The lowest BCUT2D eigenvalue weighted by Crippen LogP contribution is -2.31.